The highest BCUT2D eigenvalue weighted by molar-refractivity contribution is 5.96. The van der Waals surface area contributed by atoms with Gasteiger partial charge >= 0.3 is 12.6 Å². The maximum absolute atomic E-state index is 12.5. The van der Waals surface area contributed by atoms with Crippen LogP contribution in [-0.4, -0.2) is 31.2 Å². The Hall–Kier alpha value is -3.16. The minimum atomic E-state index is -3.03. The number of benzene rings is 2. The zero-order valence-corrected chi connectivity index (χ0v) is 16.6. The number of esters is 1. The smallest absolute Gasteiger partial charge is 0.387 e. The first-order chi connectivity index (χ1) is 13.7. The van der Waals surface area contributed by atoms with E-state index in [9.17, 15) is 18.4 Å². The largest absolute Gasteiger partial charge is 0.481 e. The minimum absolute atomic E-state index is 0.0443. The van der Waals surface area contributed by atoms with Crippen molar-refractivity contribution in [1.29, 1.82) is 0 Å². The summed E-state index contributed by atoms with van der Waals surface area (Å²) in [5.74, 6) is -1.03. The van der Waals surface area contributed by atoms with Gasteiger partial charge in [-0.25, -0.2) is 4.79 Å². The normalized spacial score (nSPS) is 11.7. The van der Waals surface area contributed by atoms with Crippen LogP contribution in [0, 0.1) is 20.8 Å². The molecule has 6 nitrogen and oxygen atoms in total. The van der Waals surface area contributed by atoms with E-state index < -0.39 is 24.6 Å². The molecule has 1 amide bonds. The Balaban J connectivity index is 1.92. The van der Waals surface area contributed by atoms with Crippen LogP contribution in [0.3, 0.4) is 0 Å². The molecule has 0 aliphatic rings. The molecule has 0 aliphatic carbocycles. The zero-order valence-electron chi connectivity index (χ0n) is 16.6. The molecule has 0 fully saturated rings. The lowest BCUT2D eigenvalue weighted by Gasteiger charge is -2.17. The number of amides is 1. The quantitative estimate of drug-likeness (QED) is 0.665. The third-order valence-corrected chi connectivity index (χ3v) is 3.98. The summed E-state index contributed by atoms with van der Waals surface area (Å²) in [6.07, 6.45) is -1.16. The fourth-order valence-corrected chi connectivity index (χ4v) is 2.81. The van der Waals surface area contributed by atoms with Gasteiger partial charge in [0.15, 0.2) is 12.7 Å². The molecule has 0 bridgehead atoms. The van der Waals surface area contributed by atoms with Crippen LogP contribution in [0.1, 0.15) is 23.6 Å². The van der Waals surface area contributed by atoms with Gasteiger partial charge in [0.25, 0.3) is 5.91 Å². The average molecular weight is 407 g/mol. The molecule has 0 radical (unpaired) electrons. The average Bonchev–Trinajstić information content (AvgIpc) is 2.61. The third-order valence-electron chi connectivity index (χ3n) is 3.98. The van der Waals surface area contributed by atoms with Crippen molar-refractivity contribution in [3.8, 4) is 11.5 Å². The zero-order chi connectivity index (χ0) is 21.6. The maximum Gasteiger partial charge on any atom is 0.387 e. The number of anilines is 1. The number of halogens is 2. The van der Waals surface area contributed by atoms with Crippen molar-refractivity contribution in [2.75, 3.05) is 11.9 Å². The number of rotatable bonds is 8. The van der Waals surface area contributed by atoms with E-state index in [1.165, 1.54) is 25.1 Å². The van der Waals surface area contributed by atoms with Crippen molar-refractivity contribution in [3.63, 3.8) is 0 Å². The number of hydrogen-bond donors (Lipinski definition) is 1. The van der Waals surface area contributed by atoms with Crippen molar-refractivity contribution >= 4 is 17.6 Å². The van der Waals surface area contributed by atoms with E-state index in [0.29, 0.717) is 5.75 Å². The fraction of sp³-hybridized carbons (Fsp3) is 0.333. The molecule has 1 atom stereocenters. The van der Waals surface area contributed by atoms with Crippen LogP contribution in [0.25, 0.3) is 0 Å². The van der Waals surface area contributed by atoms with Gasteiger partial charge in [0.05, 0.1) is 5.69 Å². The predicted molar refractivity (Wildman–Crippen MR) is 103 cm³/mol. The van der Waals surface area contributed by atoms with E-state index in [1.54, 1.807) is 6.07 Å². The molecule has 0 unspecified atom stereocenters. The molecule has 0 saturated heterocycles. The molecule has 0 saturated carbocycles. The van der Waals surface area contributed by atoms with Gasteiger partial charge < -0.3 is 19.5 Å². The topological polar surface area (TPSA) is 73.9 Å². The molecule has 1 N–H and O–H groups in total. The summed E-state index contributed by atoms with van der Waals surface area (Å²) in [5.41, 5.74) is 2.90. The lowest BCUT2D eigenvalue weighted by molar-refractivity contribution is -0.155. The molecule has 0 heterocycles. The van der Waals surface area contributed by atoms with Crippen molar-refractivity contribution in [3.05, 3.63) is 53.1 Å². The first kappa shape index (κ1) is 22.1. The fourth-order valence-electron chi connectivity index (χ4n) is 2.81. The summed E-state index contributed by atoms with van der Waals surface area (Å²) in [6, 6.07) is 9.59. The molecule has 2 rings (SSSR count). The van der Waals surface area contributed by atoms with E-state index in [2.05, 4.69) is 10.1 Å². The number of carbonyl (C=O) groups is 2. The van der Waals surface area contributed by atoms with Crippen LogP contribution in [-0.2, 0) is 14.3 Å². The van der Waals surface area contributed by atoms with Gasteiger partial charge in [0, 0.05) is 0 Å². The highest BCUT2D eigenvalue weighted by Gasteiger charge is 2.20. The van der Waals surface area contributed by atoms with Gasteiger partial charge in [0.1, 0.15) is 11.5 Å². The first-order valence-electron chi connectivity index (χ1n) is 8.92. The Morgan fingerprint density at radius 3 is 2.31 bits per heavy atom. The van der Waals surface area contributed by atoms with Crippen molar-refractivity contribution in [2.45, 2.75) is 40.4 Å². The Bertz CT molecular complexity index is 862. The van der Waals surface area contributed by atoms with Gasteiger partial charge in [0.2, 0.25) is 0 Å². The SMILES string of the molecule is Cc1cc(C)c(OCC(=O)O[C@@H](C)C(=O)Nc2ccccc2OC(F)F)c(C)c1. The molecular weight excluding hydrogens is 384 g/mol. The van der Waals surface area contributed by atoms with E-state index >= 15 is 0 Å². The Labute approximate surface area is 167 Å². The van der Waals surface area contributed by atoms with Crippen LogP contribution in [0.15, 0.2) is 36.4 Å². The van der Waals surface area contributed by atoms with Gasteiger partial charge in [-0.15, -0.1) is 0 Å². The van der Waals surface area contributed by atoms with Gasteiger partial charge in [-0.1, -0.05) is 29.8 Å². The number of alkyl halides is 2. The molecule has 2 aromatic carbocycles. The number of ether oxygens (including phenoxy) is 3. The summed E-state index contributed by atoms with van der Waals surface area (Å²) in [4.78, 5) is 24.3. The third kappa shape index (κ3) is 6.44. The highest BCUT2D eigenvalue weighted by Crippen LogP contribution is 2.26. The Morgan fingerprint density at radius 1 is 1.07 bits per heavy atom. The van der Waals surface area contributed by atoms with E-state index in [4.69, 9.17) is 9.47 Å². The van der Waals surface area contributed by atoms with Crippen LogP contribution in [0.2, 0.25) is 0 Å². The van der Waals surface area contributed by atoms with E-state index in [-0.39, 0.29) is 18.0 Å². The Kier molecular flexibility index (Phi) is 7.52. The number of para-hydroxylation sites is 2. The van der Waals surface area contributed by atoms with Gasteiger partial charge in [-0.3, -0.25) is 4.79 Å². The van der Waals surface area contributed by atoms with E-state index in [0.717, 1.165) is 16.7 Å². The van der Waals surface area contributed by atoms with Crippen LogP contribution < -0.4 is 14.8 Å². The number of carbonyl (C=O) groups excluding carboxylic acids is 2. The molecule has 29 heavy (non-hydrogen) atoms. The number of aryl methyl sites for hydroxylation is 3. The van der Waals surface area contributed by atoms with E-state index in [1.807, 2.05) is 32.9 Å². The molecule has 0 aromatic heterocycles. The summed E-state index contributed by atoms with van der Waals surface area (Å²) in [6.45, 7) is 3.67. The first-order valence-corrected chi connectivity index (χ1v) is 8.92. The second kappa shape index (κ2) is 9.86. The lowest BCUT2D eigenvalue weighted by Crippen LogP contribution is -2.32. The molecule has 0 spiro atoms. The lowest BCUT2D eigenvalue weighted by atomic mass is 10.1. The molecule has 0 aliphatic heterocycles. The van der Waals surface area contributed by atoms with Gasteiger partial charge in [-0.05, 0) is 51.0 Å². The van der Waals surface area contributed by atoms with Crippen molar-refractivity contribution in [2.24, 2.45) is 0 Å². The molecule has 156 valence electrons. The summed E-state index contributed by atoms with van der Waals surface area (Å²) in [7, 11) is 0. The predicted octanol–water partition coefficient (Wildman–Crippen LogP) is 4.16. The minimum Gasteiger partial charge on any atom is -0.481 e. The standard InChI is InChI=1S/C21H23F2NO5/c1-12-9-13(2)19(14(3)10-12)27-11-18(25)28-15(4)20(26)24-16-7-5-6-8-17(16)29-21(22)23/h5-10,15,21H,11H2,1-4H3,(H,24,26)/t15-/m0/s1. The number of nitrogens with one attached hydrogen (secondary N) is 1. The molecule has 2 aromatic rings. The number of hydrogen-bond acceptors (Lipinski definition) is 5. The summed E-state index contributed by atoms with van der Waals surface area (Å²) >= 11 is 0. The monoisotopic (exact) mass is 407 g/mol. The van der Waals surface area contributed by atoms with Crippen molar-refractivity contribution in [1.82, 2.24) is 0 Å². The second-order valence-electron chi connectivity index (χ2n) is 6.51. The summed E-state index contributed by atoms with van der Waals surface area (Å²) in [5, 5.41) is 2.40. The second-order valence-corrected chi connectivity index (χ2v) is 6.51. The Morgan fingerprint density at radius 2 is 1.69 bits per heavy atom. The summed E-state index contributed by atoms with van der Waals surface area (Å²) < 4.78 is 39.9. The van der Waals surface area contributed by atoms with Crippen LogP contribution in [0.4, 0.5) is 14.5 Å². The molecular formula is C21H23F2NO5. The van der Waals surface area contributed by atoms with Crippen LogP contribution in [0.5, 0.6) is 11.5 Å². The molecule has 8 heteroatoms. The van der Waals surface area contributed by atoms with Gasteiger partial charge in [-0.2, -0.15) is 8.78 Å². The van der Waals surface area contributed by atoms with Crippen LogP contribution >= 0.6 is 0 Å². The highest BCUT2D eigenvalue weighted by atomic mass is 19.3. The maximum atomic E-state index is 12.5. The van der Waals surface area contributed by atoms with Crippen molar-refractivity contribution < 1.29 is 32.6 Å².